The fourth-order valence-electron chi connectivity index (χ4n) is 2.43. The first kappa shape index (κ1) is 9.47. The van der Waals surface area contributed by atoms with E-state index in [0.29, 0.717) is 6.10 Å². The monoisotopic (exact) mass is 183 g/mol. The average molecular weight is 183 g/mol. The van der Waals surface area contributed by atoms with Gasteiger partial charge in [-0.2, -0.15) is 0 Å². The number of rotatable bonds is 3. The van der Waals surface area contributed by atoms with E-state index in [1.807, 2.05) is 0 Å². The van der Waals surface area contributed by atoms with Gasteiger partial charge in [0.05, 0.1) is 6.10 Å². The Morgan fingerprint density at radius 1 is 1.08 bits per heavy atom. The molecule has 2 aliphatic rings. The molecule has 0 radical (unpaired) electrons. The molecule has 0 saturated carbocycles. The van der Waals surface area contributed by atoms with Crippen LogP contribution in [-0.4, -0.2) is 25.3 Å². The van der Waals surface area contributed by atoms with Gasteiger partial charge < -0.3 is 10.1 Å². The van der Waals surface area contributed by atoms with Crippen molar-refractivity contribution in [1.82, 2.24) is 5.32 Å². The maximum Gasteiger partial charge on any atom is 0.0575 e. The predicted octanol–water partition coefficient (Wildman–Crippen LogP) is 2.09. The van der Waals surface area contributed by atoms with E-state index in [4.69, 9.17) is 4.74 Å². The minimum absolute atomic E-state index is 0.580. The van der Waals surface area contributed by atoms with Crippen LogP contribution in [0, 0.1) is 0 Å². The lowest BCUT2D eigenvalue weighted by Gasteiger charge is -2.23. The third kappa shape index (κ3) is 2.96. The Labute approximate surface area is 81.0 Å². The van der Waals surface area contributed by atoms with Crippen LogP contribution in [0.4, 0.5) is 0 Å². The summed E-state index contributed by atoms with van der Waals surface area (Å²) in [6.45, 7) is 2.24. The number of hydrogen-bond acceptors (Lipinski definition) is 2. The van der Waals surface area contributed by atoms with Gasteiger partial charge in [0.1, 0.15) is 0 Å². The molecular formula is C11H21NO. The minimum atomic E-state index is 0.580. The summed E-state index contributed by atoms with van der Waals surface area (Å²) in [6, 6.07) is 0.797. The number of ether oxygens (including phenoxy) is 1. The highest BCUT2D eigenvalue weighted by Gasteiger charge is 2.18. The molecule has 2 aliphatic heterocycles. The molecule has 2 fully saturated rings. The molecule has 13 heavy (non-hydrogen) atoms. The molecular weight excluding hydrogens is 162 g/mol. The fourth-order valence-corrected chi connectivity index (χ4v) is 2.43. The lowest BCUT2D eigenvalue weighted by atomic mass is 10.0. The Morgan fingerprint density at radius 3 is 2.77 bits per heavy atom. The van der Waals surface area contributed by atoms with Crippen molar-refractivity contribution in [3.63, 3.8) is 0 Å². The molecule has 2 heteroatoms. The first-order chi connectivity index (χ1) is 6.45. The first-order valence-corrected chi connectivity index (χ1v) is 5.80. The van der Waals surface area contributed by atoms with E-state index < -0.39 is 0 Å². The van der Waals surface area contributed by atoms with Crippen molar-refractivity contribution < 1.29 is 4.74 Å². The Balaban J connectivity index is 1.60. The molecule has 0 aromatic rings. The first-order valence-electron chi connectivity index (χ1n) is 5.80. The van der Waals surface area contributed by atoms with Crippen molar-refractivity contribution in [2.24, 2.45) is 0 Å². The zero-order chi connectivity index (χ0) is 8.93. The molecule has 2 atom stereocenters. The Hall–Kier alpha value is -0.0800. The van der Waals surface area contributed by atoms with Crippen molar-refractivity contribution in [3.8, 4) is 0 Å². The van der Waals surface area contributed by atoms with Gasteiger partial charge in [-0.05, 0) is 51.5 Å². The molecule has 0 aromatic heterocycles. The smallest absolute Gasteiger partial charge is 0.0575 e. The van der Waals surface area contributed by atoms with E-state index >= 15 is 0 Å². The molecule has 0 aliphatic carbocycles. The summed E-state index contributed by atoms with van der Waals surface area (Å²) in [5.41, 5.74) is 0. The van der Waals surface area contributed by atoms with E-state index in [2.05, 4.69) is 5.32 Å². The molecule has 2 unspecified atom stereocenters. The highest BCUT2D eigenvalue weighted by Crippen LogP contribution is 2.19. The Morgan fingerprint density at radius 2 is 2.08 bits per heavy atom. The second-order valence-corrected chi connectivity index (χ2v) is 4.36. The van der Waals surface area contributed by atoms with Crippen molar-refractivity contribution in [1.29, 1.82) is 0 Å². The summed E-state index contributed by atoms with van der Waals surface area (Å²) in [6.07, 6.45) is 9.88. The minimum Gasteiger partial charge on any atom is -0.378 e. The van der Waals surface area contributed by atoms with Gasteiger partial charge in [-0.25, -0.2) is 0 Å². The summed E-state index contributed by atoms with van der Waals surface area (Å²) < 4.78 is 5.71. The topological polar surface area (TPSA) is 21.3 Å². The van der Waals surface area contributed by atoms with E-state index in [1.54, 1.807) is 0 Å². The van der Waals surface area contributed by atoms with Crippen LogP contribution in [0.15, 0.2) is 0 Å². The average Bonchev–Trinajstić information content (AvgIpc) is 2.69. The third-order valence-corrected chi connectivity index (χ3v) is 3.27. The van der Waals surface area contributed by atoms with Gasteiger partial charge in [-0.3, -0.25) is 0 Å². The SMILES string of the molecule is C1CCC(CCC2CCCN2)OC1. The van der Waals surface area contributed by atoms with Crippen LogP contribution in [0.25, 0.3) is 0 Å². The van der Waals surface area contributed by atoms with Crippen LogP contribution in [0.3, 0.4) is 0 Å². The maximum atomic E-state index is 5.71. The predicted molar refractivity (Wildman–Crippen MR) is 53.8 cm³/mol. The van der Waals surface area contributed by atoms with Gasteiger partial charge in [0.2, 0.25) is 0 Å². The molecule has 0 amide bonds. The third-order valence-electron chi connectivity index (χ3n) is 3.27. The van der Waals surface area contributed by atoms with E-state index in [9.17, 15) is 0 Å². The summed E-state index contributed by atoms with van der Waals surface area (Å²) in [4.78, 5) is 0. The molecule has 1 N–H and O–H groups in total. The van der Waals surface area contributed by atoms with Crippen LogP contribution in [-0.2, 0) is 4.74 Å². The highest BCUT2D eigenvalue weighted by molar-refractivity contribution is 4.76. The fraction of sp³-hybridized carbons (Fsp3) is 1.00. The standard InChI is InChI=1S/C11H21NO/c1-2-9-13-11(5-1)7-6-10-4-3-8-12-10/h10-12H,1-9H2. The van der Waals surface area contributed by atoms with Gasteiger partial charge in [-0.15, -0.1) is 0 Å². The van der Waals surface area contributed by atoms with Crippen molar-refractivity contribution >= 4 is 0 Å². The van der Waals surface area contributed by atoms with E-state index in [1.165, 1.54) is 51.5 Å². The van der Waals surface area contributed by atoms with Gasteiger partial charge >= 0.3 is 0 Å². The summed E-state index contributed by atoms with van der Waals surface area (Å²) in [7, 11) is 0. The van der Waals surface area contributed by atoms with Crippen LogP contribution in [0.5, 0.6) is 0 Å². The summed E-state index contributed by atoms with van der Waals surface area (Å²) in [5, 5.41) is 3.54. The number of nitrogens with one attached hydrogen (secondary N) is 1. The van der Waals surface area contributed by atoms with Crippen LogP contribution >= 0.6 is 0 Å². The van der Waals surface area contributed by atoms with Gasteiger partial charge in [0, 0.05) is 12.6 Å². The van der Waals surface area contributed by atoms with Crippen LogP contribution in [0.2, 0.25) is 0 Å². The molecule has 2 heterocycles. The van der Waals surface area contributed by atoms with Gasteiger partial charge in [0.25, 0.3) is 0 Å². The summed E-state index contributed by atoms with van der Waals surface area (Å²) in [5.74, 6) is 0. The van der Waals surface area contributed by atoms with Gasteiger partial charge in [0.15, 0.2) is 0 Å². The van der Waals surface area contributed by atoms with E-state index in [-0.39, 0.29) is 0 Å². The normalized spacial score (nSPS) is 35.1. The Kier molecular flexibility index (Phi) is 3.62. The zero-order valence-corrected chi connectivity index (χ0v) is 8.43. The molecule has 0 spiro atoms. The molecule has 76 valence electrons. The molecule has 2 saturated heterocycles. The second-order valence-electron chi connectivity index (χ2n) is 4.36. The molecule has 2 rings (SSSR count). The maximum absolute atomic E-state index is 5.71. The zero-order valence-electron chi connectivity index (χ0n) is 8.43. The van der Waals surface area contributed by atoms with E-state index in [0.717, 1.165) is 12.6 Å². The van der Waals surface area contributed by atoms with Crippen LogP contribution in [0.1, 0.15) is 44.9 Å². The van der Waals surface area contributed by atoms with Crippen molar-refractivity contribution in [2.45, 2.75) is 57.1 Å². The largest absolute Gasteiger partial charge is 0.378 e. The molecule has 0 bridgehead atoms. The highest BCUT2D eigenvalue weighted by atomic mass is 16.5. The Bertz CT molecular complexity index is 137. The lowest BCUT2D eigenvalue weighted by molar-refractivity contribution is 0.00887. The molecule has 2 nitrogen and oxygen atoms in total. The van der Waals surface area contributed by atoms with Crippen molar-refractivity contribution in [2.75, 3.05) is 13.2 Å². The second kappa shape index (κ2) is 4.97. The number of hydrogen-bond donors (Lipinski definition) is 1. The molecule has 0 aromatic carbocycles. The quantitative estimate of drug-likeness (QED) is 0.723. The summed E-state index contributed by atoms with van der Waals surface area (Å²) >= 11 is 0. The van der Waals surface area contributed by atoms with Crippen molar-refractivity contribution in [3.05, 3.63) is 0 Å². The lowest BCUT2D eigenvalue weighted by Crippen LogP contribution is -2.25. The van der Waals surface area contributed by atoms with Gasteiger partial charge in [-0.1, -0.05) is 0 Å². The van der Waals surface area contributed by atoms with Crippen LogP contribution < -0.4 is 5.32 Å².